The number of aromatic carboxylic acids is 1. The van der Waals surface area contributed by atoms with Crippen LogP contribution in [0.4, 0.5) is 0 Å². The number of piperidine rings is 1. The van der Waals surface area contributed by atoms with Crippen molar-refractivity contribution in [3.05, 3.63) is 47.5 Å². The van der Waals surface area contributed by atoms with Gasteiger partial charge in [0.15, 0.2) is 0 Å². The van der Waals surface area contributed by atoms with Crippen molar-refractivity contribution in [2.75, 3.05) is 13.1 Å². The predicted octanol–water partition coefficient (Wildman–Crippen LogP) is 3.77. The molecule has 0 radical (unpaired) electrons. The SMILES string of the molecule is C=C(C)CC(C)C(=O)N1CCC(Cc2ccccc2C(=O)O)CC1. The molecule has 1 aliphatic rings. The molecular formula is C20H27NO3. The second kappa shape index (κ2) is 8.13. The Labute approximate surface area is 144 Å². The normalized spacial score (nSPS) is 16.7. The van der Waals surface area contributed by atoms with Crippen LogP contribution in [0.1, 0.15) is 49.0 Å². The van der Waals surface area contributed by atoms with E-state index in [4.69, 9.17) is 0 Å². The minimum atomic E-state index is -0.869. The first-order valence-corrected chi connectivity index (χ1v) is 8.62. The Kier molecular flexibility index (Phi) is 6.18. The van der Waals surface area contributed by atoms with Crippen LogP contribution < -0.4 is 0 Å². The van der Waals surface area contributed by atoms with E-state index in [1.165, 1.54) is 0 Å². The summed E-state index contributed by atoms with van der Waals surface area (Å²) in [6.07, 6.45) is 3.37. The van der Waals surface area contributed by atoms with Gasteiger partial charge in [-0.15, -0.1) is 6.58 Å². The number of amides is 1. The summed E-state index contributed by atoms with van der Waals surface area (Å²) in [7, 11) is 0. The molecule has 130 valence electrons. The molecule has 1 aromatic carbocycles. The van der Waals surface area contributed by atoms with Gasteiger partial charge in [-0.2, -0.15) is 0 Å². The van der Waals surface area contributed by atoms with Crippen LogP contribution in [0.25, 0.3) is 0 Å². The Morgan fingerprint density at radius 1 is 1.29 bits per heavy atom. The Balaban J connectivity index is 1.90. The highest BCUT2D eigenvalue weighted by atomic mass is 16.4. The van der Waals surface area contributed by atoms with E-state index >= 15 is 0 Å². The summed E-state index contributed by atoms with van der Waals surface area (Å²) in [6, 6.07) is 7.21. The third kappa shape index (κ3) is 4.70. The molecule has 1 heterocycles. The molecule has 1 atom stereocenters. The number of carboxylic acid groups (broad SMARTS) is 1. The van der Waals surface area contributed by atoms with Crippen molar-refractivity contribution in [3.63, 3.8) is 0 Å². The number of hydrogen-bond acceptors (Lipinski definition) is 2. The van der Waals surface area contributed by atoms with Crippen LogP contribution in [0.3, 0.4) is 0 Å². The van der Waals surface area contributed by atoms with Crippen molar-refractivity contribution in [3.8, 4) is 0 Å². The van der Waals surface area contributed by atoms with E-state index in [0.29, 0.717) is 11.5 Å². The monoisotopic (exact) mass is 329 g/mol. The number of carbonyl (C=O) groups excluding carboxylic acids is 1. The largest absolute Gasteiger partial charge is 0.478 e. The fourth-order valence-electron chi connectivity index (χ4n) is 3.50. The van der Waals surface area contributed by atoms with Gasteiger partial charge in [0.2, 0.25) is 5.91 Å². The third-order valence-electron chi connectivity index (χ3n) is 4.76. The molecule has 1 fully saturated rings. The van der Waals surface area contributed by atoms with Gasteiger partial charge in [0, 0.05) is 19.0 Å². The van der Waals surface area contributed by atoms with Crippen molar-refractivity contribution in [2.24, 2.45) is 11.8 Å². The fraction of sp³-hybridized carbons (Fsp3) is 0.500. The van der Waals surface area contributed by atoms with Gasteiger partial charge in [0.25, 0.3) is 0 Å². The summed E-state index contributed by atoms with van der Waals surface area (Å²) in [5.74, 6) is -0.230. The van der Waals surface area contributed by atoms with Gasteiger partial charge in [-0.1, -0.05) is 30.7 Å². The number of carbonyl (C=O) groups is 2. The molecular weight excluding hydrogens is 302 g/mol. The topological polar surface area (TPSA) is 57.6 Å². The van der Waals surface area contributed by atoms with E-state index in [0.717, 1.165) is 49.9 Å². The Morgan fingerprint density at radius 2 is 1.92 bits per heavy atom. The molecule has 1 amide bonds. The average Bonchev–Trinajstić information content (AvgIpc) is 2.54. The zero-order valence-electron chi connectivity index (χ0n) is 14.6. The molecule has 0 spiro atoms. The molecule has 0 saturated carbocycles. The number of hydrogen-bond donors (Lipinski definition) is 1. The maximum Gasteiger partial charge on any atom is 0.335 e. The molecule has 1 aliphatic heterocycles. The molecule has 1 unspecified atom stereocenters. The zero-order chi connectivity index (χ0) is 17.7. The van der Waals surface area contributed by atoms with E-state index in [1.54, 1.807) is 12.1 Å². The predicted molar refractivity (Wildman–Crippen MR) is 95.0 cm³/mol. The number of rotatable bonds is 6. The number of allylic oxidation sites excluding steroid dienone is 1. The first-order valence-electron chi connectivity index (χ1n) is 8.62. The Hall–Kier alpha value is -2.10. The van der Waals surface area contributed by atoms with Gasteiger partial charge in [-0.3, -0.25) is 4.79 Å². The van der Waals surface area contributed by atoms with E-state index in [1.807, 2.05) is 30.9 Å². The molecule has 0 aliphatic carbocycles. The highest BCUT2D eigenvalue weighted by Crippen LogP contribution is 2.25. The lowest BCUT2D eigenvalue weighted by Crippen LogP contribution is -2.41. The van der Waals surface area contributed by atoms with Crippen LogP contribution in [0.15, 0.2) is 36.4 Å². The standard InChI is InChI=1S/C20H27NO3/c1-14(2)12-15(3)19(22)21-10-8-16(9-11-21)13-17-6-4-5-7-18(17)20(23)24/h4-7,15-16H,1,8-13H2,2-3H3,(H,23,24). The van der Waals surface area contributed by atoms with E-state index in [-0.39, 0.29) is 11.8 Å². The van der Waals surface area contributed by atoms with Crippen LogP contribution in [-0.4, -0.2) is 35.0 Å². The highest BCUT2D eigenvalue weighted by molar-refractivity contribution is 5.89. The summed E-state index contributed by atoms with van der Waals surface area (Å²) in [4.78, 5) is 25.7. The van der Waals surface area contributed by atoms with Gasteiger partial charge >= 0.3 is 5.97 Å². The minimum absolute atomic E-state index is 0.00761. The summed E-state index contributed by atoms with van der Waals surface area (Å²) < 4.78 is 0. The maximum absolute atomic E-state index is 12.4. The first kappa shape index (κ1) is 18.2. The van der Waals surface area contributed by atoms with Gasteiger partial charge in [-0.25, -0.2) is 4.79 Å². The van der Waals surface area contributed by atoms with Crippen molar-refractivity contribution in [2.45, 2.75) is 39.5 Å². The molecule has 4 heteroatoms. The lowest BCUT2D eigenvalue weighted by Gasteiger charge is -2.34. The minimum Gasteiger partial charge on any atom is -0.478 e. The number of nitrogens with zero attached hydrogens (tertiary/aromatic N) is 1. The van der Waals surface area contributed by atoms with Crippen molar-refractivity contribution < 1.29 is 14.7 Å². The zero-order valence-corrected chi connectivity index (χ0v) is 14.6. The smallest absolute Gasteiger partial charge is 0.335 e. The molecule has 24 heavy (non-hydrogen) atoms. The van der Waals surface area contributed by atoms with Crippen molar-refractivity contribution in [1.82, 2.24) is 4.90 Å². The van der Waals surface area contributed by atoms with E-state index in [9.17, 15) is 14.7 Å². The highest BCUT2D eigenvalue weighted by Gasteiger charge is 2.26. The number of likely N-dealkylation sites (tertiary alicyclic amines) is 1. The first-order chi connectivity index (χ1) is 11.4. The molecule has 1 N–H and O–H groups in total. The molecule has 1 saturated heterocycles. The van der Waals surface area contributed by atoms with E-state index < -0.39 is 5.97 Å². The van der Waals surface area contributed by atoms with Crippen LogP contribution >= 0.6 is 0 Å². The average molecular weight is 329 g/mol. The maximum atomic E-state index is 12.4. The lowest BCUT2D eigenvalue weighted by molar-refractivity contribution is -0.136. The van der Waals surface area contributed by atoms with Crippen molar-refractivity contribution >= 4 is 11.9 Å². The number of benzene rings is 1. The molecule has 0 bridgehead atoms. The third-order valence-corrected chi connectivity index (χ3v) is 4.76. The molecule has 2 rings (SSSR count). The van der Waals surface area contributed by atoms with Crippen LogP contribution in [0, 0.1) is 11.8 Å². The van der Waals surface area contributed by atoms with Crippen LogP contribution in [-0.2, 0) is 11.2 Å². The molecule has 1 aromatic rings. The lowest BCUT2D eigenvalue weighted by atomic mass is 9.88. The quantitative estimate of drug-likeness (QED) is 0.808. The number of carboxylic acids is 1. The van der Waals surface area contributed by atoms with Gasteiger partial charge < -0.3 is 10.0 Å². The Bertz CT molecular complexity index is 615. The Morgan fingerprint density at radius 3 is 2.50 bits per heavy atom. The summed E-state index contributed by atoms with van der Waals surface area (Å²) in [5, 5.41) is 9.28. The van der Waals surface area contributed by atoms with Crippen LogP contribution in [0.5, 0.6) is 0 Å². The van der Waals surface area contributed by atoms with Gasteiger partial charge in [0.1, 0.15) is 0 Å². The van der Waals surface area contributed by atoms with Crippen LogP contribution in [0.2, 0.25) is 0 Å². The second-order valence-electron chi connectivity index (χ2n) is 7.00. The molecule has 0 aromatic heterocycles. The summed E-state index contributed by atoms with van der Waals surface area (Å²) >= 11 is 0. The second-order valence-corrected chi connectivity index (χ2v) is 7.00. The summed E-state index contributed by atoms with van der Waals surface area (Å²) in [5.41, 5.74) is 2.33. The van der Waals surface area contributed by atoms with Gasteiger partial charge in [-0.05, 0) is 50.2 Å². The summed E-state index contributed by atoms with van der Waals surface area (Å²) in [6.45, 7) is 9.33. The fourth-order valence-corrected chi connectivity index (χ4v) is 3.50. The van der Waals surface area contributed by atoms with Crippen molar-refractivity contribution in [1.29, 1.82) is 0 Å². The van der Waals surface area contributed by atoms with E-state index in [2.05, 4.69) is 6.58 Å². The molecule has 4 nitrogen and oxygen atoms in total. The van der Waals surface area contributed by atoms with Gasteiger partial charge in [0.05, 0.1) is 5.56 Å².